The number of hydrogen-bond donors (Lipinski definition) is 0. The molecular formula is C11H11N3S2. The molecule has 16 heavy (non-hydrogen) atoms. The van der Waals surface area contributed by atoms with E-state index in [1.54, 1.807) is 11.3 Å². The Bertz CT molecular complexity index is 523. The topological polar surface area (TPSA) is 38.7 Å². The van der Waals surface area contributed by atoms with Crippen molar-refractivity contribution in [1.29, 1.82) is 0 Å². The Labute approximate surface area is 102 Å². The van der Waals surface area contributed by atoms with E-state index in [9.17, 15) is 0 Å². The summed E-state index contributed by atoms with van der Waals surface area (Å²) in [5, 5.41) is 0.965. The molecule has 1 saturated carbocycles. The van der Waals surface area contributed by atoms with Crippen molar-refractivity contribution in [2.24, 2.45) is 0 Å². The average molecular weight is 249 g/mol. The van der Waals surface area contributed by atoms with Crippen molar-refractivity contribution in [2.75, 3.05) is 0 Å². The lowest BCUT2D eigenvalue weighted by Crippen LogP contribution is -1.80. The van der Waals surface area contributed by atoms with Gasteiger partial charge in [-0.1, -0.05) is 0 Å². The minimum Gasteiger partial charge on any atom is -0.249 e. The average Bonchev–Trinajstić information content (AvgIpc) is 2.86. The Balaban J connectivity index is 1.82. The van der Waals surface area contributed by atoms with Gasteiger partial charge in [-0.3, -0.25) is 0 Å². The summed E-state index contributed by atoms with van der Waals surface area (Å²) >= 11 is 3.14. The molecule has 0 N–H and O–H groups in total. The van der Waals surface area contributed by atoms with E-state index in [0.717, 1.165) is 10.8 Å². The molecule has 1 fully saturated rings. The number of aromatic nitrogens is 3. The molecule has 0 unspecified atom stereocenters. The van der Waals surface area contributed by atoms with E-state index in [1.807, 2.05) is 18.5 Å². The molecular weight excluding hydrogens is 238 g/mol. The maximum absolute atomic E-state index is 4.43. The van der Waals surface area contributed by atoms with E-state index in [-0.39, 0.29) is 0 Å². The van der Waals surface area contributed by atoms with Crippen molar-refractivity contribution in [3.63, 3.8) is 0 Å². The predicted molar refractivity (Wildman–Crippen MR) is 67.7 cm³/mol. The van der Waals surface area contributed by atoms with Crippen LogP contribution in [0.15, 0.2) is 5.51 Å². The molecule has 2 aromatic heterocycles. The summed E-state index contributed by atoms with van der Waals surface area (Å²) in [5.41, 5.74) is 3.20. The Hall–Kier alpha value is -1.07. The monoisotopic (exact) mass is 249 g/mol. The first-order valence-electron chi connectivity index (χ1n) is 5.25. The zero-order chi connectivity index (χ0) is 11.0. The van der Waals surface area contributed by atoms with E-state index in [4.69, 9.17) is 0 Å². The van der Waals surface area contributed by atoms with Crippen LogP contribution >= 0.6 is 22.9 Å². The molecule has 0 amide bonds. The maximum Gasteiger partial charge on any atom is 0.139 e. The van der Waals surface area contributed by atoms with Gasteiger partial charge in [0.25, 0.3) is 0 Å². The van der Waals surface area contributed by atoms with Gasteiger partial charge in [0.15, 0.2) is 0 Å². The van der Waals surface area contributed by atoms with E-state index < -0.39 is 0 Å². The minimum atomic E-state index is 0.710. The summed E-state index contributed by atoms with van der Waals surface area (Å²) in [6.45, 7) is 1.91. The van der Waals surface area contributed by atoms with Gasteiger partial charge < -0.3 is 0 Å². The van der Waals surface area contributed by atoms with Crippen molar-refractivity contribution in [2.45, 2.75) is 25.7 Å². The highest BCUT2D eigenvalue weighted by atomic mass is 32.1. The van der Waals surface area contributed by atoms with Crippen LogP contribution in [0.1, 0.15) is 40.2 Å². The number of thiazole rings is 1. The van der Waals surface area contributed by atoms with Gasteiger partial charge in [-0.2, -0.15) is 4.37 Å². The number of aryl methyl sites for hydroxylation is 1. The van der Waals surface area contributed by atoms with Gasteiger partial charge >= 0.3 is 0 Å². The maximum atomic E-state index is 4.43. The van der Waals surface area contributed by atoms with Crippen LogP contribution in [0, 0.1) is 6.92 Å². The summed E-state index contributed by atoms with van der Waals surface area (Å²) in [7, 11) is 0. The van der Waals surface area contributed by atoms with E-state index >= 15 is 0 Å². The third-order valence-electron chi connectivity index (χ3n) is 2.51. The normalized spacial score (nSPS) is 16.1. The highest BCUT2D eigenvalue weighted by Gasteiger charge is 2.27. The van der Waals surface area contributed by atoms with Crippen molar-refractivity contribution in [3.8, 4) is 0 Å². The lowest BCUT2D eigenvalue weighted by Gasteiger charge is -1.92. The van der Waals surface area contributed by atoms with Gasteiger partial charge in [-0.15, -0.1) is 11.3 Å². The van der Waals surface area contributed by atoms with Crippen LogP contribution in [-0.2, 0) is 0 Å². The van der Waals surface area contributed by atoms with E-state index in [0.29, 0.717) is 5.92 Å². The summed E-state index contributed by atoms with van der Waals surface area (Å²) in [5.74, 6) is 1.55. The SMILES string of the molecule is Cc1nsc(/C=C/c2scnc2C2CC2)n1. The summed E-state index contributed by atoms with van der Waals surface area (Å²) in [4.78, 5) is 10.0. The van der Waals surface area contributed by atoms with Crippen molar-refractivity contribution in [3.05, 3.63) is 26.9 Å². The van der Waals surface area contributed by atoms with Crippen LogP contribution in [0.5, 0.6) is 0 Å². The standard InChI is InChI=1S/C11H11N3S2/c1-7-13-10(16-14-7)5-4-9-11(8-2-3-8)12-6-15-9/h4-6,8H,2-3H2,1H3/b5-4+. The molecule has 3 nitrogen and oxygen atoms in total. The highest BCUT2D eigenvalue weighted by molar-refractivity contribution is 7.10. The largest absolute Gasteiger partial charge is 0.249 e. The van der Waals surface area contributed by atoms with Crippen LogP contribution in [0.25, 0.3) is 12.2 Å². The molecule has 3 rings (SSSR count). The lowest BCUT2D eigenvalue weighted by molar-refractivity contribution is 1.05. The molecule has 2 aromatic rings. The molecule has 0 radical (unpaired) electrons. The molecule has 0 aliphatic heterocycles. The molecule has 0 bridgehead atoms. The summed E-state index contributed by atoms with van der Waals surface area (Å²) < 4.78 is 4.15. The van der Waals surface area contributed by atoms with Crippen molar-refractivity contribution >= 4 is 35.0 Å². The van der Waals surface area contributed by atoms with Crippen LogP contribution in [0.2, 0.25) is 0 Å². The number of hydrogen-bond acceptors (Lipinski definition) is 5. The fourth-order valence-corrected chi connectivity index (χ4v) is 2.91. The highest BCUT2D eigenvalue weighted by Crippen LogP contribution is 2.42. The molecule has 0 aromatic carbocycles. The number of nitrogens with zero attached hydrogens (tertiary/aromatic N) is 3. The van der Waals surface area contributed by atoms with Crippen LogP contribution in [0.3, 0.4) is 0 Å². The molecule has 0 saturated heterocycles. The molecule has 82 valence electrons. The second kappa shape index (κ2) is 4.07. The van der Waals surface area contributed by atoms with Crippen LogP contribution in [-0.4, -0.2) is 14.3 Å². The zero-order valence-electron chi connectivity index (χ0n) is 8.88. The van der Waals surface area contributed by atoms with Gasteiger partial charge in [-0.05, 0) is 43.4 Å². The molecule has 2 heterocycles. The molecule has 1 aliphatic rings. The molecule has 1 aliphatic carbocycles. The van der Waals surface area contributed by atoms with Crippen molar-refractivity contribution < 1.29 is 0 Å². The number of rotatable bonds is 3. The van der Waals surface area contributed by atoms with Gasteiger partial charge in [0, 0.05) is 5.92 Å². The predicted octanol–water partition coefficient (Wildman–Crippen LogP) is 3.35. The van der Waals surface area contributed by atoms with Crippen LogP contribution in [0.4, 0.5) is 0 Å². The summed E-state index contributed by atoms with van der Waals surface area (Å²) in [6.07, 6.45) is 6.74. The fourth-order valence-electron chi connectivity index (χ4n) is 1.58. The second-order valence-corrected chi connectivity index (χ2v) is 5.56. The Morgan fingerprint density at radius 1 is 1.38 bits per heavy atom. The van der Waals surface area contributed by atoms with Gasteiger partial charge in [-0.25, -0.2) is 9.97 Å². The second-order valence-electron chi connectivity index (χ2n) is 3.89. The first-order chi connectivity index (χ1) is 7.83. The Morgan fingerprint density at radius 3 is 2.94 bits per heavy atom. The first-order valence-corrected chi connectivity index (χ1v) is 6.90. The fraction of sp³-hybridized carbons (Fsp3) is 0.364. The van der Waals surface area contributed by atoms with Gasteiger partial charge in [0.2, 0.25) is 0 Å². The lowest BCUT2D eigenvalue weighted by atomic mass is 10.2. The third kappa shape index (κ3) is 2.05. The minimum absolute atomic E-state index is 0.710. The Morgan fingerprint density at radius 2 is 2.25 bits per heavy atom. The van der Waals surface area contributed by atoms with E-state index in [2.05, 4.69) is 20.4 Å². The van der Waals surface area contributed by atoms with E-state index in [1.165, 1.54) is 34.9 Å². The van der Waals surface area contributed by atoms with Gasteiger partial charge in [0.1, 0.15) is 10.8 Å². The Kier molecular flexibility index (Phi) is 2.57. The summed E-state index contributed by atoms with van der Waals surface area (Å²) in [6, 6.07) is 0. The molecule has 0 atom stereocenters. The smallest absolute Gasteiger partial charge is 0.139 e. The third-order valence-corrected chi connectivity index (χ3v) is 4.09. The first kappa shape index (κ1) is 10.1. The molecule has 5 heteroatoms. The zero-order valence-corrected chi connectivity index (χ0v) is 10.5. The van der Waals surface area contributed by atoms with Gasteiger partial charge in [0.05, 0.1) is 16.1 Å². The molecule has 0 spiro atoms. The van der Waals surface area contributed by atoms with Crippen LogP contribution < -0.4 is 0 Å². The quantitative estimate of drug-likeness (QED) is 0.837. The van der Waals surface area contributed by atoms with Crippen molar-refractivity contribution in [1.82, 2.24) is 14.3 Å².